The maximum Gasteiger partial charge on any atom is 0.215 e. The Morgan fingerprint density at radius 3 is 2.81 bits per heavy atom. The molecular weight excluding hydrogens is 369 g/mol. The molecule has 27 heavy (non-hydrogen) atoms. The van der Waals surface area contributed by atoms with Gasteiger partial charge in [-0.1, -0.05) is 23.7 Å². The van der Waals surface area contributed by atoms with Gasteiger partial charge < -0.3 is 20.2 Å². The lowest BCUT2D eigenvalue weighted by molar-refractivity contribution is 0.415. The van der Waals surface area contributed by atoms with Gasteiger partial charge in [0.05, 0.1) is 17.5 Å². The van der Waals surface area contributed by atoms with Crippen molar-refractivity contribution in [3.63, 3.8) is 0 Å². The first-order chi connectivity index (χ1) is 13.1. The van der Waals surface area contributed by atoms with Gasteiger partial charge in [0.2, 0.25) is 5.88 Å². The summed E-state index contributed by atoms with van der Waals surface area (Å²) in [5.41, 5.74) is 9.27. The van der Waals surface area contributed by atoms with Crippen LogP contribution in [0.4, 0.5) is 21.6 Å². The second-order valence-electron chi connectivity index (χ2n) is 5.86. The molecule has 0 spiro atoms. The Morgan fingerprint density at radius 2 is 2.04 bits per heavy atom. The van der Waals surface area contributed by atoms with E-state index in [4.69, 9.17) is 26.5 Å². The van der Waals surface area contributed by atoms with Crippen LogP contribution in [0.5, 0.6) is 5.75 Å². The molecule has 2 heterocycles. The monoisotopic (exact) mass is 383 g/mol. The number of anilines is 3. The highest BCUT2D eigenvalue weighted by atomic mass is 35.5. The second-order valence-corrected chi connectivity index (χ2v) is 6.27. The minimum Gasteiger partial charge on any atom is -0.497 e. The largest absolute Gasteiger partial charge is 0.497 e. The van der Waals surface area contributed by atoms with Crippen molar-refractivity contribution in [3.05, 3.63) is 65.6 Å². The number of fused-ring (bicyclic) bond motifs is 1. The summed E-state index contributed by atoms with van der Waals surface area (Å²) in [6.07, 6.45) is 1.68. The van der Waals surface area contributed by atoms with Gasteiger partial charge in [-0.2, -0.15) is 0 Å². The van der Waals surface area contributed by atoms with Crippen LogP contribution in [0.25, 0.3) is 22.2 Å². The number of pyridine rings is 1. The van der Waals surface area contributed by atoms with Gasteiger partial charge in [0.25, 0.3) is 0 Å². The minimum absolute atomic E-state index is 0.0186. The number of ether oxygens (including phenoxy) is 1. The number of rotatable bonds is 4. The number of furan rings is 1. The van der Waals surface area contributed by atoms with E-state index in [1.807, 2.05) is 24.3 Å². The van der Waals surface area contributed by atoms with Crippen molar-refractivity contribution in [1.29, 1.82) is 0 Å². The molecular formula is C20H15ClFN3O2. The average molecular weight is 384 g/mol. The van der Waals surface area contributed by atoms with E-state index in [0.717, 1.165) is 10.9 Å². The van der Waals surface area contributed by atoms with E-state index in [0.29, 0.717) is 28.4 Å². The normalized spacial score (nSPS) is 10.9. The number of hydrogen-bond donors (Lipinski definition) is 2. The summed E-state index contributed by atoms with van der Waals surface area (Å²) in [5, 5.41) is 3.91. The SMILES string of the molecule is COc1cccc(-c2nccc3c(Nc4ccc(F)c(Cl)c4)c(N)oc23)c1. The third-order valence-corrected chi connectivity index (χ3v) is 4.45. The summed E-state index contributed by atoms with van der Waals surface area (Å²) in [7, 11) is 1.61. The molecule has 0 atom stereocenters. The Bertz CT molecular complexity index is 1140. The van der Waals surface area contributed by atoms with Crippen molar-refractivity contribution >= 4 is 39.8 Å². The third kappa shape index (κ3) is 3.15. The van der Waals surface area contributed by atoms with Crippen LogP contribution >= 0.6 is 11.6 Å². The van der Waals surface area contributed by atoms with E-state index in [9.17, 15) is 4.39 Å². The zero-order valence-corrected chi connectivity index (χ0v) is 15.0. The molecule has 0 aliphatic rings. The van der Waals surface area contributed by atoms with Crippen molar-refractivity contribution in [2.24, 2.45) is 0 Å². The zero-order chi connectivity index (χ0) is 19.0. The molecule has 3 N–H and O–H groups in total. The van der Waals surface area contributed by atoms with Crippen LogP contribution in [0.2, 0.25) is 5.02 Å². The summed E-state index contributed by atoms with van der Waals surface area (Å²) < 4.78 is 24.5. The topological polar surface area (TPSA) is 73.3 Å². The van der Waals surface area contributed by atoms with Crippen LogP contribution in [0.15, 0.2) is 59.1 Å². The van der Waals surface area contributed by atoms with Gasteiger partial charge in [0.15, 0.2) is 5.58 Å². The van der Waals surface area contributed by atoms with Crippen LogP contribution in [0, 0.1) is 5.82 Å². The zero-order valence-electron chi connectivity index (χ0n) is 14.3. The van der Waals surface area contributed by atoms with Gasteiger partial charge in [0.1, 0.15) is 22.9 Å². The minimum atomic E-state index is -0.489. The molecule has 5 nitrogen and oxygen atoms in total. The lowest BCUT2D eigenvalue weighted by Gasteiger charge is -2.07. The fourth-order valence-corrected chi connectivity index (χ4v) is 3.05. The summed E-state index contributed by atoms with van der Waals surface area (Å²) in [4.78, 5) is 4.44. The molecule has 0 aliphatic heterocycles. The molecule has 2 aromatic heterocycles. The smallest absolute Gasteiger partial charge is 0.215 e. The van der Waals surface area contributed by atoms with E-state index < -0.39 is 5.82 Å². The second kappa shape index (κ2) is 6.81. The lowest BCUT2D eigenvalue weighted by atomic mass is 10.1. The maximum atomic E-state index is 13.4. The molecule has 7 heteroatoms. The first-order valence-electron chi connectivity index (χ1n) is 8.10. The summed E-state index contributed by atoms with van der Waals surface area (Å²) in [5.74, 6) is 0.421. The number of nitrogens with zero attached hydrogens (tertiary/aromatic N) is 1. The predicted molar refractivity (Wildman–Crippen MR) is 105 cm³/mol. The molecule has 0 amide bonds. The van der Waals surface area contributed by atoms with Crippen LogP contribution in [0.3, 0.4) is 0 Å². The quantitative estimate of drug-likeness (QED) is 0.478. The highest BCUT2D eigenvalue weighted by molar-refractivity contribution is 6.31. The van der Waals surface area contributed by atoms with E-state index in [1.165, 1.54) is 12.1 Å². The van der Waals surface area contributed by atoms with Gasteiger partial charge in [-0.05, 0) is 36.4 Å². The van der Waals surface area contributed by atoms with Crippen LogP contribution in [-0.2, 0) is 0 Å². The van der Waals surface area contributed by atoms with Crippen molar-refractivity contribution in [1.82, 2.24) is 4.98 Å². The number of benzene rings is 2. The first-order valence-corrected chi connectivity index (χ1v) is 8.48. The molecule has 0 bridgehead atoms. The first kappa shape index (κ1) is 17.2. The van der Waals surface area contributed by atoms with Crippen LogP contribution in [-0.4, -0.2) is 12.1 Å². The number of nitrogens with two attached hydrogens (primary N) is 1. The molecule has 0 fully saturated rings. The summed E-state index contributed by atoms with van der Waals surface area (Å²) in [6.45, 7) is 0. The van der Waals surface area contributed by atoms with Gasteiger partial charge >= 0.3 is 0 Å². The van der Waals surface area contributed by atoms with Crippen molar-refractivity contribution < 1.29 is 13.5 Å². The van der Waals surface area contributed by atoms with Crippen molar-refractivity contribution in [3.8, 4) is 17.0 Å². The Kier molecular flexibility index (Phi) is 4.33. The van der Waals surface area contributed by atoms with Gasteiger partial charge in [0, 0.05) is 17.4 Å². The standard InChI is InChI=1S/C20H15ClFN3O2/c1-26-13-4-2-3-11(9-13)17-19-14(7-8-24-17)18(20(23)27-19)25-12-5-6-16(22)15(21)10-12/h2-10,25H,23H2,1H3. The fourth-order valence-electron chi connectivity index (χ4n) is 2.87. The van der Waals surface area contributed by atoms with E-state index in [2.05, 4.69) is 10.3 Å². The Labute approximate surface area is 159 Å². The number of nitrogen functional groups attached to an aromatic ring is 1. The Morgan fingerprint density at radius 1 is 1.19 bits per heavy atom. The molecule has 0 saturated carbocycles. The summed E-state index contributed by atoms with van der Waals surface area (Å²) >= 11 is 5.85. The van der Waals surface area contributed by atoms with E-state index >= 15 is 0 Å². The number of nitrogens with one attached hydrogen (secondary N) is 1. The number of aromatic nitrogens is 1. The average Bonchev–Trinajstić information content (AvgIpc) is 3.00. The van der Waals surface area contributed by atoms with Crippen LogP contribution < -0.4 is 15.8 Å². The van der Waals surface area contributed by atoms with Gasteiger partial charge in [-0.15, -0.1) is 0 Å². The molecule has 0 saturated heterocycles. The number of methoxy groups -OCH3 is 1. The molecule has 4 rings (SSSR count). The van der Waals surface area contributed by atoms with Crippen molar-refractivity contribution in [2.75, 3.05) is 18.2 Å². The van der Waals surface area contributed by atoms with Crippen molar-refractivity contribution in [2.45, 2.75) is 0 Å². The maximum absolute atomic E-state index is 13.4. The van der Waals surface area contributed by atoms with Gasteiger partial charge in [-0.25, -0.2) is 4.39 Å². The van der Waals surface area contributed by atoms with Gasteiger partial charge in [-0.3, -0.25) is 4.98 Å². The molecule has 0 unspecified atom stereocenters. The Balaban J connectivity index is 1.81. The number of hydrogen-bond acceptors (Lipinski definition) is 5. The fraction of sp³-hybridized carbons (Fsp3) is 0.0500. The molecule has 0 radical (unpaired) electrons. The summed E-state index contributed by atoms with van der Waals surface area (Å²) in [6, 6.07) is 13.6. The molecule has 136 valence electrons. The number of halogens is 2. The molecule has 4 aromatic rings. The van der Waals surface area contributed by atoms with E-state index in [-0.39, 0.29) is 10.9 Å². The lowest BCUT2D eigenvalue weighted by Crippen LogP contribution is -1.94. The predicted octanol–water partition coefficient (Wildman–Crippen LogP) is 5.62. The van der Waals surface area contributed by atoms with Crippen LogP contribution in [0.1, 0.15) is 0 Å². The molecule has 2 aromatic carbocycles. The molecule has 0 aliphatic carbocycles. The Hall–Kier alpha value is -3.25. The highest BCUT2D eigenvalue weighted by Gasteiger charge is 2.17. The third-order valence-electron chi connectivity index (χ3n) is 4.16. The highest BCUT2D eigenvalue weighted by Crippen LogP contribution is 2.39. The van der Waals surface area contributed by atoms with E-state index in [1.54, 1.807) is 25.4 Å².